The number of aryl methyl sites for hydroxylation is 1. The molecule has 0 heterocycles. The van der Waals surface area contributed by atoms with Gasteiger partial charge in [-0.2, -0.15) is 13.5 Å². The van der Waals surface area contributed by atoms with Crippen LogP contribution in [0.1, 0.15) is 24.8 Å². The van der Waals surface area contributed by atoms with Crippen LogP contribution in [0.4, 0.5) is 5.69 Å². The van der Waals surface area contributed by atoms with Crippen molar-refractivity contribution in [3.05, 3.63) is 66.2 Å². The molecule has 3 N–H and O–H groups in total. The Morgan fingerprint density at radius 3 is 2.41 bits per heavy atom. The fourth-order valence-corrected chi connectivity index (χ4v) is 4.40. The third-order valence-electron chi connectivity index (χ3n) is 5.39. The van der Waals surface area contributed by atoms with Crippen molar-refractivity contribution < 1.29 is 23.1 Å². The van der Waals surface area contributed by atoms with Crippen LogP contribution in [0.2, 0.25) is 0 Å². The quantitative estimate of drug-likeness (QED) is 0.412. The molecule has 170 valence electrons. The minimum Gasteiger partial charge on any atom is -0.497 e. The summed E-state index contributed by atoms with van der Waals surface area (Å²) in [6, 6.07) is 12.3. The van der Waals surface area contributed by atoms with Crippen LogP contribution >= 0.6 is 0 Å². The third-order valence-corrected chi connectivity index (χ3v) is 6.62. The Bertz CT molecular complexity index is 1110. The van der Waals surface area contributed by atoms with E-state index in [1.807, 2.05) is 6.92 Å². The molecule has 2 aromatic rings. The fourth-order valence-electron chi connectivity index (χ4n) is 3.56. The highest BCUT2D eigenvalue weighted by Crippen LogP contribution is 2.30. The number of carbonyl (C=O) groups is 1. The molecule has 0 spiro atoms. The average Bonchev–Trinajstić information content (AvgIpc) is 2.77. The van der Waals surface area contributed by atoms with Crippen LogP contribution in [-0.2, 0) is 14.8 Å². The predicted octanol–water partition coefficient (Wildman–Crippen LogP) is 3.56. The van der Waals surface area contributed by atoms with Crippen molar-refractivity contribution in [2.24, 2.45) is 11.0 Å². The molecule has 1 fully saturated rings. The lowest BCUT2D eigenvalue weighted by Gasteiger charge is -2.31. The number of hydrazone groups is 1. The van der Waals surface area contributed by atoms with E-state index in [0.717, 1.165) is 11.1 Å². The number of carboxylic acids is 1. The number of hydrogen-bond donors (Lipinski definition) is 3. The van der Waals surface area contributed by atoms with Crippen molar-refractivity contribution in [2.75, 3.05) is 12.4 Å². The van der Waals surface area contributed by atoms with E-state index in [1.54, 1.807) is 43.5 Å². The number of rotatable bonds is 8. The first kappa shape index (κ1) is 23.3. The van der Waals surface area contributed by atoms with Gasteiger partial charge in [0, 0.05) is 17.3 Å². The number of sulfonamides is 1. The van der Waals surface area contributed by atoms with Crippen LogP contribution in [0, 0.1) is 12.8 Å². The van der Waals surface area contributed by atoms with Crippen molar-refractivity contribution in [3.63, 3.8) is 0 Å². The summed E-state index contributed by atoms with van der Waals surface area (Å²) in [7, 11) is -2.32. The highest BCUT2D eigenvalue weighted by atomic mass is 32.2. The molecule has 8 nitrogen and oxygen atoms in total. The maximum Gasteiger partial charge on any atom is 0.326 e. The monoisotopic (exact) mass is 457 g/mol. The molecule has 9 heteroatoms. The van der Waals surface area contributed by atoms with Crippen molar-refractivity contribution in [1.29, 1.82) is 0 Å². The molecule has 3 rings (SSSR count). The smallest absolute Gasteiger partial charge is 0.326 e. The first-order chi connectivity index (χ1) is 15.2. The SMILES string of the molecule is C=C1CC/C(=N\NS(=O)(=O)c2ccc(C)cc2)[C@H](C(Nc2ccc(OC)cc2)C(=O)O)C1. The summed E-state index contributed by atoms with van der Waals surface area (Å²) in [5.41, 5.74) is 2.92. The Labute approximate surface area is 188 Å². The molecule has 0 radical (unpaired) electrons. The number of allylic oxidation sites excluding steroid dienone is 1. The summed E-state index contributed by atoms with van der Waals surface area (Å²) >= 11 is 0. The maximum atomic E-state index is 12.6. The average molecular weight is 458 g/mol. The first-order valence-electron chi connectivity index (χ1n) is 10.1. The van der Waals surface area contributed by atoms with Crippen LogP contribution in [0.5, 0.6) is 5.75 Å². The second-order valence-corrected chi connectivity index (χ2v) is 9.42. The second kappa shape index (κ2) is 9.86. The van der Waals surface area contributed by atoms with Crippen molar-refractivity contribution >= 4 is 27.4 Å². The lowest BCUT2D eigenvalue weighted by Crippen LogP contribution is -2.43. The lowest BCUT2D eigenvalue weighted by atomic mass is 9.80. The molecule has 1 saturated carbocycles. The first-order valence-corrected chi connectivity index (χ1v) is 11.6. The van der Waals surface area contributed by atoms with Crippen molar-refractivity contribution in [2.45, 2.75) is 37.1 Å². The minimum atomic E-state index is -3.87. The second-order valence-electron chi connectivity index (χ2n) is 7.76. The summed E-state index contributed by atoms with van der Waals surface area (Å²) in [5, 5.41) is 17.1. The topological polar surface area (TPSA) is 117 Å². The zero-order valence-corrected chi connectivity index (χ0v) is 18.9. The van der Waals surface area contributed by atoms with Crippen LogP contribution in [0.3, 0.4) is 0 Å². The molecular formula is C23H27N3O5S. The Balaban J connectivity index is 1.85. The molecule has 2 aromatic carbocycles. The van der Waals surface area contributed by atoms with E-state index in [4.69, 9.17) is 4.74 Å². The number of aliphatic carboxylic acids is 1. The highest BCUT2D eigenvalue weighted by Gasteiger charge is 2.35. The highest BCUT2D eigenvalue weighted by molar-refractivity contribution is 7.89. The minimum absolute atomic E-state index is 0.0929. The van der Waals surface area contributed by atoms with Crippen LogP contribution < -0.4 is 14.9 Å². The Morgan fingerprint density at radius 2 is 1.81 bits per heavy atom. The standard InChI is InChI=1S/C23H27N3O5S/c1-15-4-11-19(12-5-15)32(29,30)26-25-21-13-6-16(2)14-20(21)22(23(27)28)24-17-7-9-18(31-3)10-8-17/h4-5,7-12,20,22,24,26H,2,6,13-14H2,1,3H3,(H,27,28)/b25-21+/t20-,22?/m1/s1. The van der Waals surface area contributed by atoms with E-state index in [-0.39, 0.29) is 4.90 Å². The lowest BCUT2D eigenvalue weighted by molar-refractivity contribution is -0.138. The van der Waals surface area contributed by atoms with Gasteiger partial charge in [-0.15, -0.1) is 0 Å². The number of ether oxygens (including phenoxy) is 1. The number of hydrogen-bond acceptors (Lipinski definition) is 6. The summed E-state index contributed by atoms with van der Waals surface area (Å²) in [6.45, 7) is 5.87. The number of carboxylic acid groups (broad SMARTS) is 1. The number of benzene rings is 2. The fraction of sp³-hybridized carbons (Fsp3) is 0.304. The van der Waals surface area contributed by atoms with Crippen LogP contribution in [0.25, 0.3) is 0 Å². The zero-order valence-electron chi connectivity index (χ0n) is 18.0. The summed E-state index contributed by atoms with van der Waals surface area (Å²) in [4.78, 5) is 14.5. The Hall–Kier alpha value is -3.33. The molecule has 0 bridgehead atoms. The molecule has 1 aliphatic rings. The van der Waals surface area contributed by atoms with E-state index in [0.29, 0.717) is 36.4 Å². The third kappa shape index (κ3) is 5.67. The molecular weight excluding hydrogens is 430 g/mol. The van der Waals surface area contributed by atoms with Gasteiger partial charge in [0.2, 0.25) is 0 Å². The molecule has 1 aliphatic carbocycles. The molecule has 0 amide bonds. The van der Waals surface area contributed by atoms with Gasteiger partial charge in [-0.25, -0.2) is 9.63 Å². The van der Waals surface area contributed by atoms with Crippen molar-refractivity contribution in [3.8, 4) is 5.75 Å². The van der Waals surface area contributed by atoms with Crippen LogP contribution in [0.15, 0.2) is 70.7 Å². The number of nitrogens with one attached hydrogen (secondary N) is 2. The summed E-state index contributed by atoms with van der Waals surface area (Å²) < 4.78 is 30.4. The van der Waals surface area contributed by atoms with E-state index < -0.39 is 28.0 Å². The molecule has 32 heavy (non-hydrogen) atoms. The largest absolute Gasteiger partial charge is 0.497 e. The van der Waals surface area contributed by atoms with Crippen molar-refractivity contribution in [1.82, 2.24) is 4.83 Å². The number of nitrogens with zero attached hydrogens (tertiary/aromatic N) is 1. The van der Waals surface area contributed by atoms with Gasteiger partial charge in [0.15, 0.2) is 0 Å². The molecule has 0 aromatic heterocycles. The van der Waals surface area contributed by atoms with Gasteiger partial charge in [0.05, 0.1) is 12.0 Å². The Kier molecular flexibility index (Phi) is 7.19. The summed E-state index contributed by atoms with van der Waals surface area (Å²) in [5.74, 6) is -0.965. The number of methoxy groups -OCH3 is 1. The van der Waals surface area contributed by atoms with Crippen LogP contribution in [-0.4, -0.2) is 38.4 Å². The summed E-state index contributed by atoms with van der Waals surface area (Å²) in [6.07, 6.45) is 1.44. The van der Waals surface area contributed by atoms with E-state index in [1.165, 1.54) is 12.1 Å². The molecule has 2 atom stereocenters. The van der Waals surface area contributed by atoms with E-state index in [9.17, 15) is 18.3 Å². The van der Waals surface area contributed by atoms with Gasteiger partial charge >= 0.3 is 5.97 Å². The van der Waals surface area contributed by atoms with Gasteiger partial charge in [-0.05, 0) is 62.6 Å². The van der Waals surface area contributed by atoms with Gasteiger partial charge in [0.1, 0.15) is 11.8 Å². The predicted molar refractivity (Wildman–Crippen MR) is 123 cm³/mol. The number of anilines is 1. The molecule has 0 aliphatic heterocycles. The van der Waals surface area contributed by atoms with Gasteiger partial charge < -0.3 is 15.2 Å². The van der Waals surface area contributed by atoms with Gasteiger partial charge in [-0.3, -0.25) is 0 Å². The zero-order chi connectivity index (χ0) is 23.3. The van der Waals surface area contributed by atoms with E-state index in [2.05, 4.69) is 21.8 Å². The van der Waals surface area contributed by atoms with Gasteiger partial charge in [0.25, 0.3) is 10.0 Å². The molecule has 1 unspecified atom stereocenters. The van der Waals surface area contributed by atoms with E-state index >= 15 is 0 Å². The maximum absolute atomic E-state index is 12.6. The normalized spacial score (nSPS) is 18.8. The Morgan fingerprint density at radius 1 is 1.16 bits per heavy atom. The van der Waals surface area contributed by atoms with Gasteiger partial charge in [-0.1, -0.05) is 29.8 Å². The molecule has 0 saturated heterocycles.